The van der Waals surface area contributed by atoms with Crippen molar-refractivity contribution in [2.75, 3.05) is 13.7 Å². The van der Waals surface area contributed by atoms with E-state index in [-0.39, 0.29) is 18.7 Å². The quantitative estimate of drug-likeness (QED) is 0.820. The Morgan fingerprint density at radius 3 is 2.52 bits per heavy atom. The van der Waals surface area contributed by atoms with E-state index in [1.54, 1.807) is 13.2 Å². The Hall–Kier alpha value is -1.82. The first-order valence-electron chi connectivity index (χ1n) is 7.44. The molecule has 0 heterocycles. The van der Waals surface area contributed by atoms with Crippen molar-refractivity contribution >= 4 is 0 Å². The van der Waals surface area contributed by atoms with Gasteiger partial charge in [0.05, 0.1) is 19.3 Å². The highest BCUT2D eigenvalue weighted by Crippen LogP contribution is 2.22. The zero-order chi connectivity index (χ0) is 16.8. The number of aliphatic hydroxyl groups excluding tert-OH is 1. The Kier molecular flexibility index (Phi) is 6.21. The average molecular weight is 321 g/mol. The molecule has 0 aliphatic carbocycles. The lowest BCUT2D eigenvalue weighted by molar-refractivity contribution is 0.162. The minimum absolute atomic E-state index is 0.0226. The number of benzene rings is 2. The molecule has 0 saturated heterocycles. The van der Waals surface area contributed by atoms with Gasteiger partial charge < -0.3 is 15.2 Å². The summed E-state index contributed by atoms with van der Waals surface area (Å²) in [5.74, 6) is -1.74. The molecule has 5 heteroatoms. The minimum Gasteiger partial charge on any atom is -0.392 e. The molecule has 3 nitrogen and oxygen atoms in total. The molecule has 2 N–H and O–H groups in total. The first kappa shape index (κ1) is 17.5. The molecule has 2 atom stereocenters. The third-order valence-corrected chi connectivity index (χ3v) is 3.76. The molecule has 0 radical (unpaired) electrons. The van der Waals surface area contributed by atoms with Gasteiger partial charge in [-0.05, 0) is 35.7 Å². The summed E-state index contributed by atoms with van der Waals surface area (Å²) in [6.07, 6.45) is 0. The third kappa shape index (κ3) is 4.58. The van der Waals surface area contributed by atoms with E-state index in [0.29, 0.717) is 12.2 Å². The Bertz CT molecular complexity index is 649. The maximum Gasteiger partial charge on any atom is 0.159 e. The van der Waals surface area contributed by atoms with Crippen LogP contribution in [-0.4, -0.2) is 18.8 Å². The van der Waals surface area contributed by atoms with Crippen LogP contribution in [0.25, 0.3) is 0 Å². The van der Waals surface area contributed by atoms with Crippen LogP contribution >= 0.6 is 0 Å². The Morgan fingerprint density at radius 2 is 1.87 bits per heavy atom. The fourth-order valence-corrected chi connectivity index (χ4v) is 2.50. The van der Waals surface area contributed by atoms with Gasteiger partial charge in [-0.1, -0.05) is 30.3 Å². The summed E-state index contributed by atoms with van der Waals surface area (Å²) in [6, 6.07) is 11.1. The van der Waals surface area contributed by atoms with Crippen molar-refractivity contribution < 1.29 is 18.6 Å². The van der Waals surface area contributed by atoms with E-state index in [1.807, 2.05) is 31.2 Å². The number of hydrogen-bond acceptors (Lipinski definition) is 3. The van der Waals surface area contributed by atoms with E-state index in [9.17, 15) is 13.9 Å². The number of ether oxygens (including phenoxy) is 1. The van der Waals surface area contributed by atoms with Gasteiger partial charge >= 0.3 is 0 Å². The molecule has 0 aliphatic heterocycles. The van der Waals surface area contributed by atoms with Gasteiger partial charge in [0.1, 0.15) is 0 Å². The molecule has 0 amide bonds. The molecule has 2 aromatic rings. The van der Waals surface area contributed by atoms with Crippen LogP contribution in [0.5, 0.6) is 0 Å². The predicted molar refractivity (Wildman–Crippen MR) is 84.9 cm³/mol. The van der Waals surface area contributed by atoms with E-state index in [1.165, 1.54) is 6.07 Å². The van der Waals surface area contributed by atoms with Gasteiger partial charge in [0.2, 0.25) is 0 Å². The summed E-state index contributed by atoms with van der Waals surface area (Å²) in [7, 11) is 1.56. The maximum atomic E-state index is 13.5. The average Bonchev–Trinajstić information content (AvgIpc) is 2.57. The number of aliphatic hydroxyl groups is 1. The van der Waals surface area contributed by atoms with Crippen molar-refractivity contribution in [2.24, 2.45) is 0 Å². The summed E-state index contributed by atoms with van der Waals surface area (Å²) in [4.78, 5) is 0. The molecular weight excluding hydrogens is 300 g/mol. The molecule has 124 valence electrons. The highest BCUT2D eigenvalue weighted by Gasteiger charge is 2.17. The normalized spacial score (nSPS) is 13.8. The van der Waals surface area contributed by atoms with Gasteiger partial charge in [0.25, 0.3) is 0 Å². The lowest BCUT2D eigenvalue weighted by Crippen LogP contribution is -2.28. The fourth-order valence-electron chi connectivity index (χ4n) is 2.50. The van der Waals surface area contributed by atoms with Gasteiger partial charge in [-0.3, -0.25) is 0 Å². The van der Waals surface area contributed by atoms with Crippen LogP contribution in [0.15, 0.2) is 42.5 Å². The minimum atomic E-state index is -0.875. The van der Waals surface area contributed by atoms with Gasteiger partial charge in [0, 0.05) is 13.2 Å². The second-order valence-corrected chi connectivity index (χ2v) is 5.47. The van der Waals surface area contributed by atoms with Crippen LogP contribution in [-0.2, 0) is 11.3 Å². The van der Waals surface area contributed by atoms with E-state index < -0.39 is 11.6 Å². The summed E-state index contributed by atoms with van der Waals surface area (Å²) in [5, 5.41) is 12.6. The van der Waals surface area contributed by atoms with Gasteiger partial charge in [0.15, 0.2) is 11.6 Å². The standard InChI is InChI=1S/C18H21F2NO2/c1-12(14-5-3-4-13(8-14)10-22)21-18(11-23-2)15-6-7-16(19)17(20)9-15/h3-9,12,18,21-22H,10-11H2,1-2H3. The van der Waals surface area contributed by atoms with E-state index in [2.05, 4.69) is 5.32 Å². The number of hydrogen-bond donors (Lipinski definition) is 2. The zero-order valence-electron chi connectivity index (χ0n) is 13.2. The molecule has 0 saturated carbocycles. The lowest BCUT2D eigenvalue weighted by Gasteiger charge is -2.24. The molecular formula is C18H21F2NO2. The molecule has 0 spiro atoms. The topological polar surface area (TPSA) is 41.5 Å². The van der Waals surface area contributed by atoms with Crippen molar-refractivity contribution in [3.8, 4) is 0 Å². The summed E-state index contributed by atoms with van der Waals surface area (Å²) in [5.41, 5.74) is 2.45. The van der Waals surface area contributed by atoms with Crippen molar-refractivity contribution in [1.82, 2.24) is 5.32 Å². The monoisotopic (exact) mass is 321 g/mol. The second kappa shape index (κ2) is 8.15. The molecule has 2 rings (SSSR count). The SMILES string of the molecule is COCC(NC(C)c1cccc(CO)c1)c1ccc(F)c(F)c1. The molecule has 2 unspecified atom stereocenters. The van der Waals surface area contributed by atoms with Crippen LogP contribution in [0.4, 0.5) is 8.78 Å². The number of nitrogens with one attached hydrogen (secondary N) is 1. The molecule has 0 aliphatic rings. The van der Waals surface area contributed by atoms with Crippen molar-refractivity contribution in [2.45, 2.75) is 25.6 Å². The van der Waals surface area contributed by atoms with Crippen molar-refractivity contribution in [3.63, 3.8) is 0 Å². The zero-order valence-corrected chi connectivity index (χ0v) is 13.2. The first-order valence-corrected chi connectivity index (χ1v) is 7.44. The van der Waals surface area contributed by atoms with Crippen LogP contribution in [0.1, 0.15) is 35.7 Å². The molecule has 2 aromatic carbocycles. The highest BCUT2D eigenvalue weighted by atomic mass is 19.2. The molecule has 0 aromatic heterocycles. The predicted octanol–water partition coefficient (Wildman–Crippen LogP) is 3.50. The van der Waals surface area contributed by atoms with Crippen LogP contribution in [0, 0.1) is 11.6 Å². The van der Waals surface area contributed by atoms with Gasteiger partial charge in [-0.15, -0.1) is 0 Å². The third-order valence-electron chi connectivity index (χ3n) is 3.76. The van der Waals surface area contributed by atoms with E-state index >= 15 is 0 Å². The van der Waals surface area contributed by atoms with Gasteiger partial charge in [-0.25, -0.2) is 8.78 Å². The Labute approximate surface area is 134 Å². The fraction of sp³-hybridized carbons (Fsp3) is 0.333. The van der Waals surface area contributed by atoms with Crippen LogP contribution in [0.3, 0.4) is 0 Å². The second-order valence-electron chi connectivity index (χ2n) is 5.47. The van der Waals surface area contributed by atoms with E-state index in [4.69, 9.17) is 4.74 Å². The first-order chi connectivity index (χ1) is 11.0. The molecule has 23 heavy (non-hydrogen) atoms. The molecule has 0 fully saturated rings. The van der Waals surface area contributed by atoms with E-state index in [0.717, 1.165) is 17.2 Å². The smallest absolute Gasteiger partial charge is 0.159 e. The maximum absolute atomic E-state index is 13.5. The summed E-state index contributed by atoms with van der Waals surface area (Å²) >= 11 is 0. The van der Waals surface area contributed by atoms with Crippen LogP contribution < -0.4 is 5.32 Å². The highest BCUT2D eigenvalue weighted by molar-refractivity contribution is 5.27. The van der Waals surface area contributed by atoms with Crippen molar-refractivity contribution in [1.29, 1.82) is 0 Å². The number of rotatable bonds is 7. The van der Waals surface area contributed by atoms with Crippen LogP contribution in [0.2, 0.25) is 0 Å². The van der Waals surface area contributed by atoms with Gasteiger partial charge in [-0.2, -0.15) is 0 Å². The lowest BCUT2D eigenvalue weighted by atomic mass is 10.0. The Morgan fingerprint density at radius 1 is 1.09 bits per heavy atom. The summed E-state index contributed by atoms with van der Waals surface area (Å²) < 4.78 is 31.8. The number of methoxy groups -OCH3 is 1. The number of halogens is 2. The van der Waals surface area contributed by atoms with Crippen molar-refractivity contribution in [3.05, 3.63) is 70.8 Å². The largest absolute Gasteiger partial charge is 0.392 e. The molecule has 0 bridgehead atoms. The summed E-state index contributed by atoms with van der Waals surface area (Å²) in [6.45, 7) is 2.28. The Balaban J connectivity index is 2.19.